The van der Waals surface area contributed by atoms with Gasteiger partial charge in [-0.2, -0.15) is 0 Å². The number of anilines is 1. The van der Waals surface area contributed by atoms with E-state index < -0.39 is 0 Å². The lowest BCUT2D eigenvalue weighted by Gasteiger charge is -2.00. The van der Waals surface area contributed by atoms with E-state index in [0.717, 1.165) is 0 Å². The minimum atomic E-state index is 0.0185. The van der Waals surface area contributed by atoms with Crippen molar-refractivity contribution in [1.82, 2.24) is 4.98 Å². The van der Waals surface area contributed by atoms with Crippen molar-refractivity contribution in [1.29, 1.82) is 0 Å². The first-order valence-electron chi connectivity index (χ1n) is 3.51. The van der Waals surface area contributed by atoms with Crippen molar-refractivity contribution in [3.63, 3.8) is 0 Å². The predicted molar refractivity (Wildman–Crippen MR) is 53.6 cm³/mol. The molecule has 1 aromatic heterocycles. The fourth-order valence-corrected chi connectivity index (χ4v) is 2.14. The maximum absolute atomic E-state index is 11.4. The molecule has 0 bridgehead atoms. The van der Waals surface area contributed by atoms with Crippen LogP contribution in [-0.4, -0.2) is 15.3 Å². The minimum absolute atomic E-state index is 0.0185. The molecule has 0 aliphatic rings. The Balaban J connectivity index is 2.72. The average molecular weight is 202 g/mol. The number of nitrogens with two attached hydrogens (primary N) is 1. The van der Waals surface area contributed by atoms with Gasteiger partial charge in [-0.05, 0) is 0 Å². The van der Waals surface area contributed by atoms with Crippen molar-refractivity contribution in [2.24, 2.45) is 0 Å². The van der Waals surface area contributed by atoms with E-state index in [9.17, 15) is 4.79 Å². The van der Waals surface area contributed by atoms with E-state index in [1.54, 1.807) is 5.51 Å². The van der Waals surface area contributed by atoms with E-state index in [0.29, 0.717) is 15.9 Å². The summed E-state index contributed by atoms with van der Waals surface area (Å²) in [6, 6.07) is 0. The maximum Gasteiger partial charge on any atom is 0.233 e. The number of carbonyl (C=O) groups excluding carboxylic acids is 1. The van der Waals surface area contributed by atoms with Gasteiger partial charge in [-0.15, -0.1) is 11.3 Å². The molecule has 66 valence electrons. The van der Waals surface area contributed by atoms with Gasteiger partial charge in [0.05, 0.1) is 5.51 Å². The molecule has 1 rings (SSSR count). The van der Waals surface area contributed by atoms with Crippen LogP contribution in [0.25, 0.3) is 0 Å². The number of thioether (sulfide) groups is 1. The third kappa shape index (κ3) is 2.22. The molecule has 0 atom stereocenters. The molecule has 0 saturated heterocycles. The first-order valence-corrected chi connectivity index (χ1v) is 5.27. The number of rotatable bonds is 2. The lowest BCUT2D eigenvalue weighted by molar-refractivity contribution is 0.109. The highest BCUT2D eigenvalue weighted by Gasteiger charge is 2.14. The van der Waals surface area contributed by atoms with Gasteiger partial charge >= 0.3 is 0 Å². The zero-order chi connectivity index (χ0) is 9.14. The van der Waals surface area contributed by atoms with Crippen LogP contribution in [0.2, 0.25) is 0 Å². The van der Waals surface area contributed by atoms with Crippen molar-refractivity contribution in [3.05, 3.63) is 10.4 Å². The molecule has 0 aliphatic carbocycles. The Morgan fingerprint density at radius 1 is 1.75 bits per heavy atom. The maximum atomic E-state index is 11.4. The summed E-state index contributed by atoms with van der Waals surface area (Å²) in [6.45, 7) is 3.94. The van der Waals surface area contributed by atoms with E-state index in [1.807, 2.05) is 13.8 Å². The van der Waals surface area contributed by atoms with Crippen LogP contribution in [0.3, 0.4) is 0 Å². The monoisotopic (exact) mass is 202 g/mol. The van der Waals surface area contributed by atoms with E-state index in [-0.39, 0.29) is 5.12 Å². The summed E-state index contributed by atoms with van der Waals surface area (Å²) in [4.78, 5) is 15.8. The molecule has 0 aliphatic heterocycles. The van der Waals surface area contributed by atoms with E-state index in [4.69, 9.17) is 5.73 Å². The highest BCUT2D eigenvalue weighted by molar-refractivity contribution is 8.14. The number of hydrogen-bond acceptors (Lipinski definition) is 5. The summed E-state index contributed by atoms with van der Waals surface area (Å²) in [5, 5.41) is 0.309. The lowest BCUT2D eigenvalue weighted by atomic mass is 10.5. The van der Waals surface area contributed by atoms with Crippen LogP contribution in [0.4, 0.5) is 5.82 Å². The van der Waals surface area contributed by atoms with Crippen molar-refractivity contribution in [2.75, 3.05) is 5.73 Å². The van der Waals surface area contributed by atoms with Crippen molar-refractivity contribution >= 4 is 34.0 Å². The number of thiazole rings is 1. The fraction of sp³-hybridized carbons (Fsp3) is 0.429. The zero-order valence-electron chi connectivity index (χ0n) is 6.90. The topological polar surface area (TPSA) is 56.0 Å². The Bertz CT molecular complexity index is 283. The molecule has 2 N–H and O–H groups in total. The van der Waals surface area contributed by atoms with Gasteiger partial charge in [0.25, 0.3) is 0 Å². The van der Waals surface area contributed by atoms with Gasteiger partial charge in [-0.25, -0.2) is 4.98 Å². The van der Waals surface area contributed by atoms with Crippen LogP contribution in [0.1, 0.15) is 23.5 Å². The molecule has 0 amide bonds. The van der Waals surface area contributed by atoms with Gasteiger partial charge < -0.3 is 5.73 Å². The molecule has 0 spiro atoms. The van der Waals surface area contributed by atoms with Crippen molar-refractivity contribution in [3.8, 4) is 0 Å². The molecule has 1 aromatic rings. The van der Waals surface area contributed by atoms with Crippen molar-refractivity contribution in [2.45, 2.75) is 19.1 Å². The smallest absolute Gasteiger partial charge is 0.233 e. The third-order valence-electron chi connectivity index (χ3n) is 1.12. The van der Waals surface area contributed by atoms with Crippen LogP contribution in [0.15, 0.2) is 5.51 Å². The second-order valence-corrected chi connectivity index (χ2v) is 4.92. The van der Waals surface area contributed by atoms with Crippen LogP contribution in [0.5, 0.6) is 0 Å². The molecule has 12 heavy (non-hydrogen) atoms. The largest absolute Gasteiger partial charge is 0.382 e. The predicted octanol–water partition coefficient (Wildman–Crippen LogP) is 2.01. The first kappa shape index (κ1) is 9.54. The number of nitrogen functional groups attached to an aromatic ring is 1. The van der Waals surface area contributed by atoms with Gasteiger partial charge in [0.15, 0.2) is 0 Å². The van der Waals surface area contributed by atoms with Crippen LogP contribution in [0, 0.1) is 0 Å². The summed E-state index contributed by atoms with van der Waals surface area (Å²) < 4.78 is 0. The summed E-state index contributed by atoms with van der Waals surface area (Å²) in [7, 11) is 0. The molecule has 1 heterocycles. The summed E-state index contributed by atoms with van der Waals surface area (Å²) >= 11 is 2.57. The third-order valence-corrected chi connectivity index (χ3v) is 2.98. The van der Waals surface area contributed by atoms with Gasteiger partial charge in [0, 0.05) is 5.25 Å². The fourth-order valence-electron chi connectivity index (χ4n) is 0.675. The van der Waals surface area contributed by atoms with Crippen LogP contribution in [-0.2, 0) is 0 Å². The number of hydrogen-bond donors (Lipinski definition) is 1. The molecular formula is C7H10N2OS2. The summed E-state index contributed by atoms with van der Waals surface area (Å²) in [5.41, 5.74) is 7.07. The van der Waals surface area contributed by atoms with E-state index in [1.165, 1.54) is 23.1 Å². The molecule has 3 nitrogen and oxygen atoms in total. The molecule has 0 aromatic carbocycles. The molecule has 0 radical (unpaired) electrons. The first-order chi connectivity index (χ1) is 5.61. The molecule has 0 fully saturated rings. The second kappa shape index (κ2) is 3.91. The molecule has 5 heteroatoms. The standard InChI is InChI=1S/C7H10N2OS2/c1-4(2)12-7(10)5-6(8)9-3-11-5/h3-4H,8H2,1-2H3. The minimum Gasteiger partial charge on any atom is -0.382 e. The highest BCUT2D eigenvalue weighted by Crippen LogP contribution is 2.24. The summed E-state index contributed by atoms with van der Waals surface area (Å²) in [6.07, 6.45) is 0. The van der Waals surface area contributed by atoms with E-state index >= 15 is 0 Å². The van der Waals surface area contributed by atoms with Gasteiger partial charge in [0.1, 0.15) is 10.7 Å². The van der Waals surface area contributed by atoms with Crippen molar-refractivity contribution < 1.29 is 4.79 Å². The Hall–Kier alpha value is -0.550. The second-order valence-electron chi connectivity index (χ2n) is 2.52. The highest BCUT2D eigenvalue weighted by atomic mass is 32.2. The Morgan fingerprint density at radius 3 is 2.83 bits per heavy atom. The lowest BCUT2D eigenvalue weighted by Crippen LogP contribution is -2.00. The quantitative estimate of drug-likeness (QED) is 0.797. The number of nitrogens with zero attached hydrogens (tertiary/aromatic N) is 1. The SMILES string of the molecule is CC(C)SC(=O)c1scnc1N. The van der Waals surface area contributed by atoms with E-state index in [2.05, 4.69) is 4.98 Å². The average Bonchev–Trinajstić information content (AvgIpc) is 2.33. The van der Waals surface area contributed by atoms with Crippen LogP contribution >= 0.6 is 23.1 Å². The number of aromatic nitrogens is 1. The number of carbonyl (C=O) groups is 1. The molecule has 0 unspecified atom stereocenters. The Morgan fingerprint density at radius 2 is 2.42 bits per heavy atom. The molecular weight excluding hydrogens is 192 g/mol. The van der Waals surface area contributed by atoms with Gasteiger partial charge in [0.2, 0.25) is 5.12 Å². The van der Waals surface area contributed by atoms with Gasteiger partial charge in [-0.3, -0.25) is 4.79 Å². The van der Waals surface area contributed by atoms with Gasteiger partial charge in [-0.1, -0.05) is 25.6 Å². The molecule has 0 saturated carbocycles. The Labute approximate surface area is 79.4 Å². The Kier molecular flexibility index (Phi) is 3.11. The normalized spacial score (nSPS) is 10.6. The summed E-state index contributed by atoms with van der Waals surface area (Å²) in [5.74, 6) is 0.346. The zero-order valence-corrected chi connectivity index (χ0v) is 8.54. The van der Waals surface area contributed by atoms with Crippen LogP contribution < -0.4 is 5.73 Å².